The van der Waals surface area contributed by atoms with Crippen LogP contribution in [0.15, 0.2) is 17.8 Å². The van der Waals surface area contributed by atoms with E-state index in [2.05, 4.69) is 15.2 Å². The first-order valence-corrected chi connectivity index (χ1v) is 5.42. The second-order valence-electron chi connectivity index (χ2n) is 3.28. The normalized spacial score (nSPS) is 10.3. The summed E-state index contributed by atoms with van der Waals surface area (Å²) < 4.78 is 0. The number of nitrogens with one attached hydrogen (secondary N) is 1. The monoisotopic (exact) mass is 238 g/mol. The number of H-pyrrole nitrogens is 1. The Bertz CT molecular complexity index is 479. The zero-order chi connectivity index (χ0) is 11.5. The number of hydrogen-bond acceptors (Lipinski definition) is 5. The number of carboxylic acids is 1. The molecule has 2 heterocycles. The van der Waals surface area contributed by atoms with Gasteiger partial charge in [0.2, 0.25) is 0 Å². The maximum Gasteiger partial charge on any atom is 0.355 e. The zero-order valence-corrected chi connectivity index (χ0v) is 9.36. The molecular weight excluding hydrogens is 228 g/mol. The van der Waals surface area contributed by atoms with Crippen molar-refractivity contribution >= 4 is 22.4 Å². The first-order valence-electron chi connectivity index (χ1n) is 4.54. The van der Waals surface area contributed by atoms with E-state index in [1.54, 1.807) is 12.4 Å². The number of aromatic amines is 1. The van der Waals surface area contributed by atoms with Crippen LogP contribution >= 0.6 is 11.3 Å². The first kappa shape index (κ1) is 10.6. The van der Waals surface area contributed by atoms with Crippen molar-refractivity contribution in [1.29, 1.82) is 0 Å². The Hall–Kier alpha value is -1.89. The molecule has 84 valence electrons. The summed E-state index contributed by atoms with van der Waals surface area (Å²) in [6, 6.07) is 0. The van der Waals surface area contributed by atoms with Gasteiger partial charge in [-0.1, -0.05) is 0 Å². The summed E-state index contributed by atoms with van der Waals surface area (Å²) in [7, 11) is 1.86. The molecule has 0 aliphatic carbocycles. The van der Waals surface area contributed by atoms with Crippen molar-refractivity contribution in [1.82, 2.24) is 15.2 Å². The van der Waals surface area contributed by atoms with Crippen LogP contribution in [0.2, 0.25) is 0 Å². The summed E-state index contributed by atoms with van der Waals surface area (Å²) in [5, 5.41) is 17.5. The minimum absolute atomic E-state index is 0.0824. The third-order valence-corrected chi connectivity index (χ3v) is 2.97. The average molecular weight is 238 g/mol. The minimum atomic E-state index is -1.00. The molecule has 7 heteroatoms. The van der Waals surface area contributed by atoms with Gasteiger partial charge in [0.25, 0.3) is 0 Å². The van der Waals surface area contributed by atoms with E-state index in [-0.39, 0.29) is 5.69 Å². The minimum Gasteiger partial charge on any atom is -0.476 e. The Balaban J connectivity index is 2.08. The number of nitrogens with zero attached hydrogens (tertiary/aromatic N) is 3. The molecule has 16 heavy (non-hydrogen) atoms. The van der Waals surface area contributed by atoms with Crippen molar-refractivity contribution in [2.75, 3.05) is 11.9 Å². The van der Waals surface area contributed by atoms with Crippen LogP contribution in [-0.4, -0.2) is 33.3 Å². The fourth-order valence-corrected chi connectivity index (χ4v) is 2.01. The topological polar surface area (TPSA) is 82.1 Å². The number of hydrogen-bond donors (Lipinski definition) is 2. The fourth-order valence-electron chi connectivity index (χ4n) is 1.24. The van der Waals surface area contributed by atoms with Gasteiger partial charge in [0, 0.05) is 30.7 Å². The molecule has 0 fully saturated rings. The third kappa shape index (κ3) is 2.19. The number of aromatic nitrogens is 3. The molecular formula is C9H10N4O2S. The van der Waals surface area contributed by atoms with E-state index >= 15 is 0 Å². The van der Waals surface area contributed by atoms with Gasteiger partial charge in [-0.25, -0.2) is 9.78 Å². The van der Waals surface area contributed by atoms with Crippen LogP contribution in [0.5, 0.6) is 0 Å². The van der Waals surface area contributed by atoms with Crippen LogP contribution in [0.25, 0.3) is 0 Å². The predicted molar refractivity (Wildman–Crippen MR) is 59.8 cm³/mol. The molecule has 0 bridgehead atoms. The molecule has 0 saturated heterocycles. The predicted octanol–water partition coefficient (Wildman–Crippen LogP) is 1.20. The Kier molecular flexibility index (Phi) is 2.86. The largest absolute Gasteiger partial charge is 0.476 e. The summed E-state index contributed by atoms with van der Waals surface area (Å²) in [6.07, 6.45) is 3.52. The molecule has 0 amide bonds. The molecule has 0 aromatic carbocycles. The van der Waals surface area contributed by atoms with Gasteiger partial charge in [-0.3, -0.25) is 5.10 Å². The summed E-state index contributed by atoms with van der Waals surface area (Å²) in [6.45, 7) is 0.642. The number of aromatic carboxylic acids is 1. The maximum absolute atomic E-state index is 10.7. The van der Waals surface area contributed by atoms with Crippen molar-refractivity contribution in [3.05, 3.63) is 29.0 Å². The van der Waals surface area contributed by atoms with Gasteiger partial charge in [0.15, 0.2) is 10.8 Å². The molecule has 0 radical (unpaired) electrons. The van der Waals surface area contributed by atoms with Crippen molar-refractivity contribution in [3.8, 4) is 0 Å². The Morgan fingerprint density at radius 2 is 2.50 bits per heavy atom. The van der Waals surface area contributed by atoms with Gasteiger partial charge in [-0.15, -0.1) is 11.3 Å². The maximum atomic E-state index is 10.7. The van der Waals surface area contributed by atoms with Crippen LogP contribution in [-0.2, 0) is 6.54 Å². The molecule has 0 aliphatic heterocycles. The molecule has 0 saturated carbocycles. The molecule has 2 aromatic heterocycles. The van der Waals surface area contributed by atoms with E-state index < -0.39 is 5.97 Å². The molecule has 0 unspecified atom stereocenters. The number of thiazole rings is 1. The van der Waals surface area contributed by atoms with Crippen LogP contribution in [0.1, 0.15) is 16.1 Å². The number of carboxylic acid groups (broad SMARTS) is 1. The van der Waals surface area contributed by atoms with Gasteiger partial charge in [-0.2, -0.15) is 5.10 Å². The van der Waals surface area contributed by atoms with Gasteiger partial charge in [0.05, 0.1) is 6.20 Å². The van der Waals surface area contributed by atoms with Gasteiger partial charge in [-0.05, 0) is 0 Å². The molecule has 0 spiro atoms. The van der Waals surface area contributed by atoms with Crippen LogP contribution in [0.3, 0.4) is 0 Å². The lowest BCUT2D eigenvalue weighted by Gasteiger charge is -2.13. The van der Waals surface area contributed by atoms with Gasteiger partial charge < -0.3 is 10.0 Å². The Morgan fingerprint density at radius 3 is 3.06 bits per heavy atom. The first-order chi connectivity index (χ1) is 7.66. The van der Waals surface area contributed by atoms with E-state index in [4.69, 9.17) is 5.11 Å². The molecule has 2 rings (SSSR count). The standard InChI is InChI=1S/C9H10N4O2S/c1-13(4-6-2-10-11-3-6)9-12-7(5-16-9)8(14)15/h2-3,5H,4H2,1H3,(H,10,11)(H,14,15). The lowest BCUT2D eigenvalue weighted by atomic mass is 10.3. The van der Waals surface area contributed by atoms with E-state index in [9.17, 15) is 4.79 Å². The zero-order valence-electron chi connectivity index (χ0n) is 8.54. The van der Waals surface area contributed by atoms with E-state index in [0.29, 0.717) is 11.7 Å². The lowest BCUT2D eigenvalue weighted by Crippen LogP contribution is -2.16. The third-order valence-electron chi connectivity index (χ3n) is 2.01. The second-order valence-corrected chi connectivity index (χ2v) is 4.12. The van der Waals surface area contributed by atoms with Crippen LogP contribution in [0.4, 0.5) is 5.13 Å². The highest BCUT2D eigenvalue weighted by atomic mass is 32.1. The van der Waals surface area contributed by atoms with Crippen molar-refractivity contribution in [2.45, 2.75) is 6.54 Å². The smallest absolute Gasteiger partial charge is 0.355 e. The van der Waals surface area contributed by atoms with Crippen LogP contribution < -0.4 is 4.90 Å². The summed E-state index contributed by atoms with van der Waals surface area (Å²) in [5.41, 5.74) is 1.11. The van der Waals surface area contributed by atoms with Crippen molar-refractivity contribution < 1.29 is 9.90 Å². The molecule has 2 aromatic rings. The number of carbonyl (C=O) groups is 1. The van der Waals surface area contributed by atoms with E-state index in [0.717, 1.165) is 5.56 Å². The molecule has 0 aliphatic rings. The molecule has 2 N–H and O–H groups in total. The van der Waals surface area contributed by atoms with Crippen molar-refractivity contribution in [2.24, 2.45) is 0 Å². The SMILES string of the molecule is CN(Cc1cn[nH]c1)c1nc(C(=O)O)cs1. The Morgan fingerprint density at radius 1 is 1.69 bits per heavy atom. The number of anilines is 1. The van der Waals surface area contributed by atoms with Crippen LogP contribution in [0, 0.1) is 0 Å². The van der Waals surface area contributed by atoms with Gasteiger partial charge >= 0.3 is 5.97 Å². The van der Waals surface area contributed by atoms with Crippen molar-refractivity contribution in [3.63, 3.8) is 0 Å². The summed E-state index contributed by atoms with van der Waals surface area (Å²) in [4.78, 5) is 16.5. The summed E-state index contributed by atoms with van der Waals surface area (Å²) in [5.74, 6) is -1.00. The highest BCUT2D eigenvalue weighted by molar-refractivity contribution is 7.13. The summed E-state index contributed by atoms with van der Waals surface area (Å²) >= 11 is 1.31. The quantitative estimate of drug-likeness (QED) is 0.836. The number of rotatable bonds is 4. The van der Waals surface area contributed by atoms with Gasteiger partial charge in [0.1, 0.15) is 0 Å². The molecule has 6 nitrogen and oxygen atoms in total. The Labute approximate surface area is 95.6 Å². The fraction of sp³-hybridized carbons (Fsp3) is 0.222. The second kappa shape index (κ2) is 4.31. The highest BCUT2D eigenvalue weighted by Gasteiger charge is 2.11. The molecule has 0 atom stereocenters. The van der Waals surface area contributed by atoms with E-state index in [1.165, 1.54) is 16.7 Å². The highest BCUT2D eigenvalue weighted by Crippen LogP contribution is 2.20. The average Bonchev–Trinajstić information content (AvgIpc) is 2.86. The lowest BCUT2D eigenvalue weighted by molar-refractivity contribution is 0.0691. The van der Waals surface area contributed by atoms with E-state index in [1.807, 2.05) is 11.9 Å².